The summed E-state index contributed by atoms with van der Waals surface area (Å²) in [6.07, 6.45) is 0. The Morgan fingerprint density at radius 1 is 0.515 bits per heavy atom. The van der Waals surface area contributed by atoms with Gasteiger partial charge in [-0.1, -0.05) is 86.6 Å². The highest BCUT2D eigenvalue weighted by Crippen LogP contribution is 2.45. The average Bonchev–Trinajstić information content (AvgIpc) is 2.70. The van der Waals surface area contributed by atoms with Crippen LogP contribution in [-0.4, -0.2) is 0 Å². The first-order chi connectivity index (χ1) is 15.1. The maximum atomic E-state index is 3.88. The molecule has 0 saturated heterocycles. The minimum absolute atomic E-state index is 0.0375. The lowest BCUT2D eigenvalue weighted by molar-refractivity contribution is 0.589. The van der Waals surface area contributed by atoms with Gasteiger partial charge in [0, 0.05) is 15.8 Å². The van der Waals surface area contributed by atoms with E-state index in [0.717, 1.165) is 26.0 Å². The van der Waals surface area contributed by atoms with E-state index >= 15 is 0 Å². The predicted octanol–water partition coefficient (Wildman–Crippen LogP) is 10.6. The molecule has 33 heavy (non-hydrogen) atoms. The van der Waals surface area contributed by atoms with Crippen LogP contribution in [0, 0.1) is 0 Å². The summed E-state index contributed by atoms with van der Waals surface area (Å²) in [5.41, 5.74) is 7.64. The lowest BCUT2D eigenvalue weighted by Gasteiger charge is -2.31. The van der Waals surface area contributed by atoms with Crippen LogP contribution in [0.2, 0.25) is 0 Å². The Balaban J connectivity index is 2.24. The van der Waals surface area contributed by atoms with Gasteiger partial charge in [-0.15, -0.1) is 0 Å². The van der Waals surface area contributed by atoms with E-state index in [4.69, 9.17) is 0 Å². The van der Waals surface area contributed by atoms with Gasteiger partial charge in [-0.25, -0.2) is 0 Å². The zero-order chi connectivity index (χ0) is 24.8. The quantitative estimate of drug-likeness (QED) is 0.302. The third-order valence-electron chi connectivity index (χ3n) is 6.10. The molecule has 0 aliphatic heterocycles. The molecule has 0 unspecified atom stereocenters. The van der Waals surface area contributed by atoms with Crippen LogP contribution in [0.5, 0.6) is 0 Å². The van der Waals surface area contributed by atoms with E-state index in [1.165, 1.54) is 16.7 Å². The van der Waals surface area contributed by atoms with Crippen LogP contribution in [0.4, 0.5) is 17.1 Å². The van der Waals surface area contributed by atoms with Crippen molar-refractivity contribution in [3.8, 4) is 0 Å². The average molecular weight is 571 g/mol. The fraction of sp³-hybridized carbons (Fsp3) is 0.400. The molecule has 0 amide bonds. The molecule has 176 valence electrons. The highest BCUT2D eigenvalue weighted by molar-refractivity contribution is 9.13. The molecule has 0 fully saturated rings. The zero-order valence-electron chi connectivity index (χ0n) is 21.5. The molecule has 3 heteroatoms. The van der Waals surface area contributed by atoms with E-state index in [2.05, 4.69) is 160 Å². The van der Waals surface area contributed by atoms with Crippen LogP contribution in [0.15, 0.2) is 69.6 Å². The molecule has 0 spiro atoms. The molecule has 0 aliphatic carbocycles. The molecule has 3 aromatic carbocycles. The first-order valence-electron chi connectivity index (χ1n) is 11.6. The molecule has 0 bridgehead atoms. The Morgan fingerprint density at radius 3 is 1.21 bits per heavy atom. The van der Waals surface area contributed by atoms with Crippen molar-refractivity contribution in [2.45, 2.75) is 78.6 Å². The van der Waals surface area contributed by atoms with Gasteiger partial charge in [0.05, 0.1) is 10.2 Å². The number of benzene rings is 3. The van der Waals surface area contributed by atoms with E-state index in [-0.39, 0.29) is 16.2 Å². The van der Waals surface area contributed by atoms with Crippen molar-refractivity contribution in [3.05, 3.63) is 86.3 Å². The van der Waals surface area contributed by atoms with E-state index in [0.29, 0.717) is 0 Å². The summed E-state index contributed by atoms with van der Waals surface area (Å²) in [5, 5.41) is 0. The highest BCUT2D eigenvalue weighted by atomic mass is 79.9. The van der Waals surface area contributed by atoms with Crippen LogP contribution >= 0.6 is 31.9 Å². The van der Waals surface area contributed by atoms with Crippen LogP contribution in [0.1, 0.15) is 79.0 Å². The smallest absolute Gasteiger partial charge is 0.0618 e. The van der Waals surface area contributed by atoms with E-state index in [1.54, 1.807) is 0 Å². The molecule has 0 saturated carbocycles. The summed E-state index contributed by atoms with van der Waals surface area (Å²) in [6, 6.07) is 22.5. The molecule has 0 aliphatic rings. The number of hydrogen-bond acceptors (Lipinski definition) is 1. The third-order valence-corrected chi connectivity index (χ3v) is 8.09. The summed E-state index contributed by atoms with van der Waals surface area (Å²) in [6.45, 7) is 20.3. The molecule has 3 rings (SSSR count). The van der Waals surface area contributed by atoms with Crippen molar-refractivity contribution < 1.29 is 0 Å². The second-order valence-corrected chi connectivity index (χ2v) is 13.6. The number of hydrogen-bond donors (Lipinski definition) is 0. The molecular weight excluding hydrogens is 534 g/mol. The van der Waals surface area contributed by atoms with Gasteiger partial charge in [0.25, 0.3) is 0 Å². The molecule has 0 atom stereocenters. The lowest BCUT2D eigenvalue weighted by atomic mass is 9.86. The minimum Gasteiger partial charge on any atom is -0.309 e. The van der Waals surface area contributed by atoms with E-state index in [9.17, 15) is 0 Å². The van der Waals surface area contributed by atoms with Gasteiger partial charge < -0.3 is 4.90 Å². The van der Waals surface area contributed by atoms with Crippen molar-refractivity contribution in [3.63, 3.8) is 0 Å². The zero-order valence-corrected chi connectivity index (χ0v) is 24.6. The molecule has 1 nitrogen and oxygen atoms in total. The molecule has 0 aromatic heterocycles. The largest absolute Gasteiger partial charge is 0.309 e. The predicted molar refractivity (Wildman–Crippen MR) is 153 cm³/mol. The Hall–Kier alpha value is -1.58. The lowest BCUT2D eigenvalue weighted by Crippen LogP contribution is -2.16. The molecule has 0 heterocycles. The van der Waals surface area contributed by atoms with Gasteiger partial charge in [-0.2, -0.15) is 0 Å². The van der Waals surface area contributed by atoms with Gasteiger partial charge >= 0.3 is 0 Å². The van der Waals surface area contributed by atoms with E-state index in [1.807, 2.05) is 0 Å². The van der Waals surface area contributed by atoms with Crippen molar-refractivity contribution in [2.75, 3.05) is 4.90 Å². The summed E-state index contributed by atoms with van der Waals surface area (Å²) < 4.78 is 2.11. The Bertz CT molecular complexity index is 1050. The van der Waals surface area contributed by atoms with Crippen molar-refractivity contribution >= 4 is 48.9 Å². The van der Waals surface area contributed by atoms with Gasteiger partial charge in [0.1, 0.15) is 0 Å². The summed E-state index contributed by atoms with van der Waals surface area (Å²) in [4.78, 5) is 2.35. The van der Waals surface area contributed by atoms with Gasteiger partial charge in [-0.05, 0) is 101 Å². The highest BCUT2D eigenvalue weighted by Gasteiger charge is 2.23. The Labute approximate surface area is 217 Å². The maximum Gasteiger partial charge on any atom is 0.0618 e. The summed E-state index contributed by atoms with van der Waals surface area (Å²) in [5.74, 6) is 0. The molecule has 0 radical (unpaired) electrons. The van der Waals surface area contributed by atoms with Crippen molar-refractivity contribution in [1.82, 2.24) is 0 Å². The normalized spacial score (nSPS) is 12.7. The minimum atomic E-state index is 0.0375. The van der Waals surface area contributed by atoms with Crippen LogP contribution in [-0.2, 0) is 16.2 Å². The van der Waals surface area contributed by atoms with Crippen molar-refractivity contribution in [1.29, 1.82) is 0 Å². The van der Waals surface area contributed by atoms with Gasteiger partial charge in [0.2, 0.25) is 0 Å². The Morgan fingerprint density at radius 2 is 0.879 bits per heavy atom. The standard InChI is InChI=1S/C30H37Br2N/c1-28(2,3)20-10-14-23(15-11-20)33(24-16-12-21(13-17-24)29(4,5)6)26-19-22(30(7,8)9)18-25(31)27(26)32/h10-19H,1-9H3. The molecular formula is C30H37Br2N. The second-order valence-electron chi connectivity index (χ2n) is 12.0. The Kier molecular flexibility index (Phi) is 7.28. The molecule has 3 aromatic rings. The number of anilines is 3. The van der Waals surface area contributed by atoms with Crippen LogP contribution in [0.25, 0.3) is 0 Å². The third kappa shape index (κ3) is 5.92. The SMILES string of the molecule is CC(C)(C)c1ccc(N(c2ccc(C(C)(C)C)cc2)c2cc(C(C)(C)C)cc(Br)c2Br)cc1. The first-order valence-corrected chi connectivity index (χ1v) is 13.2. The van der Waals surface area contributed by atoms with Gasteiger partial charge in [-0.3, -0.25) is 0 Å². The number of halogens is 2. The topological polar surface area (TPSA) is 3.24 Å². The fourth-order valence-electron chi connectivity index (χ4n) is 3.82. The number of rotatable bonds is 3. The van der Waals surface area contributed by atoms with E-state index < -0.39 is 0 Å². The van der Waals surface area contributed by atoms with Gasteiger partial charge in [0.15, 0.2) is 0 Å². The fourth-order valence-corrected chi connectivity index (χ4v) is 4.67. The summed E-state index contributed by atoms with van der Waals surface area (Å²) >= 11 is 7.68. The maximum absolute atomic E-state index is 3.88. The number of nitrogens with zero attached hydrogens (tertiary/aromatic N) is 1. The second kappa shape index (κ2) is 9.23. The van der Waals surface area contributed by atoms with Crippen molar-refractivity contribution in [2.24, 2.45) is 0 Å². The van der Waals surface area contributed by atoms with Crippen LogP contribution < -0.4 is 4.90 Å². The monoisotopic (exact) mass is 569 g/mol. The first kappa shape index (κ1) is 26.0. The summed E-state index contributed by atoms with van der Waals surface area (Å²) in [7, 11) is 0. The van der Waals surface area contributed by atoms with Crippen LogP contribution in [0.3, 0.4) is 0 Å². The molecule has 0 N–H and O–H groups in total.